The van der Waals surface area contributed by atoms with Crippen molar-refractivity contribution < 1.29 is 9.18 Å². The summed E-state index contributed by atoms with van der Waals surface area (Å²) >= 11 is 0. The fraction of sp³-hybridized carbons (Fsp3) is 0.353. The van der Waals surface area contributed by atoms with Crippen LogP contribution < -0.4 is 5.32 Å². The number of carbonyl (C=O) groups is 1. The number of carbonyl (C=O) groups excluding carboxylic acids is 1. The first kappa shape index (κ1) is 16.0. The third-order valence-corrected chi connectivity index (χ3v) is 4.20. The molecule has 1 aliphatic heterocycles. The standard InChI is InChI=1S/C17H18FN5O/c1-11-15(9-22(2)21-11)14-4-3-12(7-16(14)18)17(24)20-13-5-6-23(8-13)10-19/h3-4,7,9,13H,5-6,8H2,1-2H3,(H,20,24). The number of nitriles is 1. The second kappa shape index (κ2) is 6.32. The average Bonchev–Trinajstić information content (AvgIpc) is 3.13. The maximum absolute atomic E-state index is 14.4. The summed E-state index contributed by atoms with van der Waals surface area (Å²) in [6, 6.07) is 4.37. The number of amides is 1. The summed E-state index contributed by atoms with van der Waals surface area (Å²) in [5, 5.41) is 15.9. The van der Waals surface area contributed by atoms with E-state index in [1.807, 2.05) is 6.92 Å². The van der Waals surface area contributed by atoms with Gasteiger partial charge in [0.15, 0.2) is 6.19 Å². The van der Waals surface area contributed by atoms with E-state index in [0.29, 0.717) is 24.2 Å². The zero-order valence-electron chi connectivity index (χ0n) is 13.6. The molecule has 2 aromatic rings. The van der Waals surface area contributed by atoms with E-state index in [1.54, 1.807) is 35.0 Å². The molecule has 0 aliphatic carbocycles. The molecule has 1 aromatic heterocycles. The van der Waals surface area contributed by atoms with Crippen molar-refractivity contribution in [3.8, 4) is 17.3 Å². The molecular formula is C17H18FN5O. The summed E-state index contributed by atoms with van der Waals surface area (Å²) in [6.45, 7) is 2.95. The van der Waals surface area contributed by atoms with Crippen molar-refractivity contribution >= 4 is 5.91 Å². The molecule has 24 heavy (non-hydrogen) atoms. The van der Waals surface area contributed by atoms with E-state index >= 15 is 0 Å². The Kier molecular flexibility index (Phi) is 4.21. The molecule has 1 aromatic carbocycles. The Bertz CT molecular complexity index is 823. The minimum Gasteiger partial charge on any atom is -0.347 e. The molecule has 1 unspecified atom stereocenters. The lowest BCUT2D eigenvalue weighted by atomic mass is 10.0. The zero-order valence-corrected chi connectivity index (χ0v) is 13.6. The number of halogens is 1. The van der Waals surface area contributed by atoms with E-state index < -0.39 is 5.82 Å². The van der Waals surface area contributed by atoms with Crippen molar-refractivity contribution in [1.82, 2.24) is 20.0 Å². The number of aromatic nitrogens is 2. The lowest BCUT2D eigenvalue weighted by molar-refractivity contribution is 0.0938. The summed E-state index contributed by atoms with van der Waals surface area (Å²) in [5.74, 6) is -0.781. The average molecular weight is 327 g/mol. The van der Waals surface area contributed by atoms with Gasteiger partial charge in [0.2, 0.25) is 0 Å². The molecule has 0 spiro atoms. The van der Waals surface area contributed by atoms with Gasteiger partial charge in [-0.3, -0.25) is 9.48 Å². The topological polar surface area (TPSA) is 74.0 Å². The van der Waals surface area contributed by atoms with Gasteiger partial charge < -0.3 is 10.2 Å². The Morgan fingerprint density at radius 1 is 1.46 bits per heavy atom. The van der Waals surface area contributed by atoms with Crippen molar-refractivity contribution in [3.63, 3.8) is 0 Å². The highest BCUT2D eigenvalue weighted by molar-refractivity contribution is 5.95. The molecular weight excluding hydrogens is 309 g/mol. The lowest BCUT2D eigenvalue weighted by Crippen LogP contribution is -2.36. The van der Waals surface area contributed by atoms with Gasteiger partial charge in [0.25, 0.3) is 5.91 Å². The normalized spacial score (nSPS) is 16.9. The maximum Gasteiger partial charge on any atom is 0.251 e. The number of hydrogen-bond acceptors (Lipinski definition) is 4. The Morgan fingerprint density at radius 3 is 2.83 bits per heavy atom. The molecule has 6 nitrogen and oxygen atoms in total. The van der Waals surface area contributed by atoms with Crippen LogP contribution in [0.25, 0.3) is 11.1 Å². The van der Waals surface area contributed by atoms with Crippen LogP contribution in [0.1, 0.15) is 22.5 Å². The van der Waals surface area contributed by atoms with Crippen LogP contribution >= 0.6 is 0 Å². The van der Waals surface area contributed by atoms with Gasteiger partial charge in [-0.1, -0.05) is 6.07 Å². The second-order valence-corrected chi connectivity index (χ2v) is 6.00. The van der Waals surface area contributed by atoms with Gasteiger partial charge in [-0.2, -0.15) is 10.4 Å². The minimum atomic E-state index is -0.455. The van der Waals surface area contributed by atoms with Crippen molar-refractivity contribution in [2.75, 3.05) is 13.1 Å². The van der Waals surface area contributed by atoms with Gasteiger partial charge in [-0.25, -0.2) is 4.39 Å². The number of nitrogens with one attached hydrogen (secondary N) is 1. The van der Waals surface area contributed by atoms with E-state index in [0.717, 1.165) is 12.1 Å². The molecule has 1 aliphatic rings. The van der Waals surface area contributed by atoms with Gasteiger partial charge in [0.05, 0.1) is 5.69 Å². The number of hydrogen-bond donors (Lipinski definition) is 1. The van der Waals surface area contributed by atoms with Gasteiger partial charge >= 0.3 is 0 Å². The predicted octanol–water partition coefficient (Wildman–Crippen LogP) is 1.82. The highest BCUT2D eigenvalue weighted by Gasteiger charge is 2.23. The number of likely N-dealkylation sites (tertiary alicyclic amines) is 1. The molecule has 0 bridgehead atoms. The van der Waals surface area contributed by atoms with Crippen molar-refractivity contribution in [3.05, 3.63) is 41.5 Å². The predicted molar refractivity (Wildman–Crippen MR) is 86.4 cm³/mol. The first-order chi connectivity index (χ1) is 11.5. The molecule has 0 radical (unpaired) electrons. The molecule has 1 fully saturated rings. The van der Waals surface area contributed by atoms with Crippen molar-refractivity contribution in [2.24, 2.45) is 7.05 Å². The monoisotopic (exact) mass is 327 g/mol. The lowest BCUT2D eigenvalue weighted by Gasteiger charge is -2.13. The Hall–Kier alpha value is -2.88. The largest absolute Gasteiger partial charge is 0.347 e. The second-order valence-electron chi connectivity index (χ2n) is 6.00. The number of rotatable bonds is 3. The molecule has 2 heterocycles. The zero-order chi connectivity index (χ0) is 17.3. The van der Waals surface area contributed by atoms with Gasteiger partial charge in [0, 0.05) is 49.1 Å². The summed E-state index contributed by atoms with van der Waals surface area (Å²) in [6.07, 6.45) is 4.53. The van der Waals surface area contributed by atoms with E-state index in [4.69, 9.17) is 5.26 Å². The maximum atomic E-state index is 14.4. The van der Waals surface area contributed by atoms with Gasteiger partial charge in [-0.15, -0.1) is 0 Å². The minimum absolute atomic E-state index is 0.0829. The van der Waals surface area contributed by atoms with Crippen molar-refractivity contribution in [2.45, 2.75) is 19.4 Å². The first-order valence-electron chi connectivity index (χ1n) is 7.73. The fourth-order valence-electron chi connectivity index (χ4n) is 2.98. The summed E-state index contributed by atoms with van der Waals surface area (Å²) in [5.41, 5.74) is 2.14. The first-order valence-corrected chi connectivity index (χ1v) is 7.73. The Labute approximate surface area is 139 Å². The van der Waals surface area contributed by atoms with Crippen molar-refractivity contribution in [1.29, 1.82) is 5.26 Å². The van der Waals surface area contributed by atoms with E-state index in [2.05, 4.69) is 16.6 Å². The molecule has 7 heteroatoms. The molecule has 1 N–H and O–H groups in total. The molecule has 1 amide bonds. The Balaban J connectivity index is 1.76. The van der Waals surface area contributed by atoms with Crippen LogP contribution in [0.15, 0.2) is 24.4 Å². The van der Waals surface area contributed by atoms with E-state index in [1.165, 1.54) is 6.07 Å². The third kappa shape index (κ3) is 3.08. The molecule has 124 valence electrons. The van der Waals surface area contributed by atoms with Crippen LogP contribution in [-0.4, -0.2) is 39.7 Å². The summed E-state index contributed by atoms with van der Waals surface area (Å²) < 4.78 is 16.1. The summed E-state index contributed by atoms with van der Waals surface area (Å²) in [4.78, 5) is 13.9. The molecule has 1 saturated heterocycles. The van der Waals surface area contributed by atoms with Crippen LogP contribution in [0.4, 0.5) is 4.39 Å². The van der Waals surface area contributed by atoms with Gasteiger partial charge in [0.1, 0.15) is 5.82 Å². The van der Waals surface area contributed by atoms with Crippen LogP contribution in [0.3, 0.4) is 0 Å². The molecule has 0 saturated carbocycles. The highest BCUT2D eigenvalue weighted by Crippen LogP contribution is 2.26. The Morgan fingerprint density at radius 2 is 2.25 bits per heavy atom. The fourth-order valence-corrected chi connectivity index (χ4v) is 2.98. The molecule has 1 atom stereocenters. The van der Waals surface area contributed by atoms with E-state index in [-0.39, 0.29) is 17.5 Å². The molecule has 3 rings (SSSR count). The van der Waals surface area contributed by atoms with Gasteiger partial charge in [-0.05, 0) is 25.5 Å². The summed E-state index contributed by atoms with van der Waals surface area (Å²) in [7, 11) is 1.78. The number of benzene rings is 1. The number of nitrogens with zero attached hydrogens (tertiary/aromatic N) is 4. The van der Waals surface area contributed by atoms with E-state index in [9.17, 15) is 9.18 Å². The SMILES string of the molecule is Cc1nn(C)cc1-c1ccc(C(=O)NC2CCN(C#N)C2)cc1F. The van der Waals surface area contributed by atoms with Crippen LogP contribution in [-0.2, 0) is 7.05 Å². The van der Waals surface area contributed by atoms with Crippen LogP contribution in [0, 0.1) is 24.2 Å². The smallest absolute Gasteiger partial charge is 0.251 e. The number of aryl methyl sites for hydroxylation is 2. The van der Waals surface area contributed by atoms with Crippen LogP contribution in [0.5, 0.6) is 0 Å². The third-order valence-electron chi connectivity index (χ3n) is 4.20. The quantitative estimate of drug-likeness (QED) is 0.873. The highest BCUT2D eigenvalue weighted by atomic mass is 19.1. The van der Waals surface area contributed by atoms with Crippen LogP contribution in [0.2, 0.25) is 0 Å².